The molecular formula is C10H13BrN2O. The highest BCUT2D eigenvalue weighted by Crippen LogP contribution is 2.12. The number of rotatable bonds is 3. The average molecular weight is 257 g/mol. The largest absolute Gasteiger partial charge is 0.293 e. The van der Waals surface area contributed by atoms with Gasteiger partial charge < -0.3 is 0 Å². The molecule has 0 fully saturated rings. The van der Waals surface area contributed by atoms with Crippen molar-refractivity contribution in [3.8, 4) is 0 Å². The second-order valence-corrected chi connectivity index (χ2v) is 3.66. The van der Waals surface area contributed by atoms with E-state index in [2.05, 4.69) is 25.9 Å². The molecule has 76 valence electrons. The van der Waals surface area contributed by atoms with Gasteiger partial charge in [-0.05, 0) is 13.3 Å². The first-order valence-electron chi connectivity index (χ1n) is 4.53. The smallest absolute Gasteiger partial charge is 0.179 e. The third-order valence-corrected chi connectivity index (χ3v) is 2.55. The maximum atomic E-state index is 11.2. The third-order valence-electron chi connectivity index (χ3n) is 2.02. The van der Waals surface area contributed by atoms with E-state index in [9.17, 15) is 4.79 Å². The zero-order valence-corrected chi connectivity index (χ0v) is 10.2. The van der Waals surface area contributed by atoms with E-state index in [-0.39, 0.29) is 5.78 Å². The number of alkyl halides is 1. The van der Waals surface area contributed by atoms with Crippen molar-refractivity contribution in [1.29, 1.82) is 0 Å². The van der Waals surface area contributed by atoms with Crippen molar-refractivity contribution in [3.05, 3.63) is 22.8 Å². The van der Waals surface area contributed by atoms with Gasteiger partial charge in [0.05, 0.1) is 17.1 Å². The molecule has 0 aromatic carbocycles. The highest BCUT2D eigenvalue weighted by molar-refractivity contribution is 9.08. The van der Waals surface area contributed by atoms with Crippen molar-refractivity contribution in [2.75, 3.05) is 0 Å². The van der Waals surface area contributed by atoms with Crippen LogP contribution in [-0.4, -0.2) is 15.8 Å². The van der Waals surface area contributed by atoms with Crippen LogP contribution in [0.15, 0.2) is 0 Å². The molecule has 0 bridgehead atoms. The lowest BCUT2D eigenvalue weighted by Gasteiger charge is -2.07. The zero-order valence-electron chi connectivity index (χ0n) is 8.59. The lowest BCUT2D eigenvalue weighted by atomic mass is 10.2. The highest BCUT2D eigenvalue weighted by Gasteiger charge is 2.11. The number of Topliss-reactive ketones (excluding diaryl/α,β-unsaturated/α-hetero) is 1. The minimum atomic E-state index is -0.0224. The fourth-order valence-electron chi connectivity index (χ4n) is 1.32. The van der Waals surface area contributed by atoms with Gasteiger partial charge in [-0.15, -0.1) is 0 Å². The topological polar surface area (TPSA) is 42.9 Å². The van der Waals surface area contributed by atoms with E-state index in [0.29, 0.717) is 16.7 Å². The Morgan fingerprint density at radius 2 is 2.00 bits per heavy atom. The van der Waals surface area contributed by atoms with Crippen LogP contribution in [0.3, 0.4) is 0 Å². The molecule has 1 aromatic rings. The van der Waals surface area contributed by atoms with Crippen molar-refractivity contribution >= 4 is 21.7 Å². The average Bonchev–Trinajstić information content (AvgIpc) is 2.16. The minimum Gasteiger partial charge on any atom is -0.293 e. The Bertz CT molecular complexity index is 363. The molecule has 0 amide bonds. The molecule has 0 unspecified atom stereocenters. The van der Waals surface area contributed by atoms with Gasteiger partial charge in [0.2, 0.25) is 0 Å². The van der Waals surface area contributed by atoms with E-state index in [0.717, 1.165) is 17.8 Å². The second kappa shape index (κ2) is 4.64. The summed E-state index contributed by atoms with van der Waals surface area (Å²) in [6.07, 6.45) is 0.800. The second-order valence-electron chi connectivity index (χ2n) is 3.09. The van der Waals surface area contributed by atoms with Gasteiger partial charge in [-0.1, -0.05) is 22.9 Å². The summed E-state index contributed by atoms with van der Waals surface area (Å²) in [5, 5.41) is 0.683. The van der Waals surface area contributed by atoms with E-state index in [1.807, 2.05) is 13.8 Å². The van der Waals surface area contributed by atoms with Crippen LogP contribution in [0.5, 0.6) is 0 Å². The van der Waals surface area contributed by atoms with Crippen molar-refractivity contribution in [3.63, 3.8) is 0 Å². The van der Waals surface area contributed by atoms with Gasteiger partial charge in [0.1, 0.15) is 5.69 Å². The van der Waals surface area contributed by atoms with E-state index < -0.39 is 0 Å². The Labute approximate surface area is 92.1 Å². The SMILES string of the molecule is CCc1nc(C(C)=O)c(C)nc1CBr. The normalized spacial score (nSPS) is 10.3. The minimum absolute atomic E-state index is 0.0224. The van der Waals surface area contributed by atoms with Gasteiger partial charge in [-0.2, -0.15) is 0 Å². The van der Waals surface area contributed by atoms with Crippen LogP contribution in [0.2, 0.25) is 0 Å². The molecule has 0 atom stereocenters. The first-order chi connectivity index (χ1) is 6.60. The summed E-state index contributed by atoms with van der Waals surface area (Å²) in [5.74, 6) is -0.0224. The maximum Gasteiger partial charge on any atom is 0.179 e. The summed E-state index contributed by atoms with van der Waals surface area (Å²) in [6.45, 7) is 5.34. The predicted octanol–water partition coefficient (Wildman–Crippen LogP) is 2.44. The molecule has 0 aliphatic heterocycles. The van der Waals surface area contributed by atoms with Crippen molar-refractivity contribution in [1.82, 2.24) is 9.97 Å². The van der Waals surface area contributed by atoms with Gasteiger partial charge in [-0.3, -0.25) is 9.78 Å². The molecule has 0 aliphatic carbocycles. The van der Waals surface area contributed by atoms with Crippen LogP contribution in [0.4, 0.5) is 0 Å². The monoisotopic (exact) mass is 256 g/mol. The van der Waals surface area contributed by atoms with Crippen molar-refractivity contribution in [2.24, 2.45) is 0 Å². The first-order valence-corrected chi connectivity index (χ1v) is 5.65. The van der Waals surface area contributed by atoms with Crippen molar-refractivity contribution in [2.45, 2.75) is 32.5 Å². The van der Waals surface area contributed by atoms with E-state index in [1.165, 1.54) is 6.92 Å². The predicted molar refractivity (Wildman–Crippen MR) is 58.8 cm³/mol. The number of hydrogen-bond donors (Lipinski definition) is 0. The highest BCUT2D eigenvalue weighted by atomic mass is 79.9. The molecule has 0 spiro atoms. The van der Waals surface area contributed by atoms with E-state index in [4.69, 9.17) is 0 Å². The number of aryl methyl sites for hydroxylation is 2. The Balaban J connectivity index is 3.30. The van der Waals surface area contributed by atoms with Crippen molar-refractivity contribution < 1.29 is 4.79 Å². The van der Waals surface area contributed by atoms with Crippen LogP contribution in [-0.2, 0) is 11.8 Å². The number of aromatic nitrogens is 2. The Kier molecular flexibility index (Phi) is 3.75. The molecule has 1 rings (SSSR count). The zero-order chi connectivity index (χ0) is 10.7. The fourth-order valence-corrected chi connectivity index (χ4v) is 1.77. The number of hydrogen-bond acceptors (Lipinski definition) is 3. The van der Waals surface area contributed by atoms with Gasteiger partial charge >= 0.3 is 0 Å². The molecule has 0 aliphatic rings. The lowest BCUT2D eigenvalue weighted by molar-refractivity contribution is 0.101. The molecule has 3 nitrogen and oxygen atoms in total. The van der Waals surface area contributed by atoms with Gasteiger partial charge in [0.25, 0.3) is 0 Å². The molecule has 1 heterocycles. The van der Waals surface area contributed by atoms with Gasteiger partial charge in [0.15, 0.2) is 5.78 Å². The van der Waals surface area contributed by atoms with Crippen LogP contribution < -0.4 is 0 Å². The van der Waals surface area contributed by atoms with Crippen LogP contribution in [0, 0.1) is 6.92 Å². The molecule has 4 heteroatoms. The van der Waals surface area contributed by atoms with Crippen LogP contribution >= 0.6 is 15.9 Å². The summed E-state index contributed by atoms with van der Waals surface area (Å²) >= 11 is 3.36. The molecule has 14 heavy (non-hydrogen) atoms. The molecule has 0 N–H and O–H groups in total. The summed E-state index contributed by atoms with van der Waals surface area (Å²) in [4.78, 5) is 19.9. The van der Waals surface area contributed by atoms with Crippen LogP contribution in [0.25, 0.3) is 0 Å². The molecule has 0 radical (unpaired) electrons. The van der Waals surface area contributed by atoms with Gasteiger partial charge in [0, 0.05) is 12.3 Å². The number of carbonyl (C=O) groups excluding carboxylic acids is 1. The summed E-state index contributed by atoms with van der Waals surface area (Å²) in [6, 6.07) is 0. The molecule has 1 aromatic heterocycles. The van der Waals surface area contributed by atoms with Gasteiger partial charge in [-0.25, -0.2) is 4.98 Å². The standard InChI is InChI=1S/C10H13BrN2O/c1-4-8-9(5-11)12-6(2)10(13-8)7(3)14/h4-5H2,1-3H3. The number of nitrogens with zero attached hydrogens (tertiary/aromatic N) is 2. The Morgan fingerprint density at radius 1 is 1.36 bits per heavy atom. The quantitative estimate of drug-likeness (QED) is 0.617. The van der Waals surface area contributed by atoms with Crippen LogP contribution in [0.1, 0.15) is 41.4 Å². The number of ketones is 1. The Hall–Kier alpha value is -0.770. The lowest BCUT2D eigenvalue weighted by Crippen LogP contribution is -2.09. The van der Waals surface area contributed by atoms with E-state index in [1.54, 1.807) is 0 Å². The summed E-state index contributed by atoms with van der Waals surface area (Å²) in [5.41, 5.74) is 3.03. The number of halogens is 1. The number of carbonyl (C=O) groups is 1. The Morgan fingerprint density at radius 3 is 2.43 bits per heavy atom. The van der Waals surface area contributed by atoms with E-state index >= 15 is 0 Å². The molecule has 0 saturated heterocycles. The summed E-state index contributed by atoms with van der Waals surface area (Å²) in [7, 11) is 0. The third kappa shape index (κ3) is 2.18. The molecule has 0 saturated carbocycles. The maximum absolute atomic E-state index is 11.2. The first kappa shape index (κ1) is 11.3. The summed E-state index contributed by atoms with van der Waals surface area (Å²) < 4.78 is 0. The molecular weight excluding hydrogens is 244 g/mol. The fraction of sp³-hybridized carbons (Fsp3) is 0.500.